The van der Waals surface area contributed by atoms with Gasteiger partial charge in [0.1, 0.15) is 0 Å². The standard InChI is InChI=1S/C16H29N/c1-11-4-6-12(7-5-11)15-14(16(15,2)3)10-17-13-8-9-13/h11-15,17H,4-10H2,1-3H3. The first-order valence-electron chi connectivity index (χ1n) is 7.82. The molecule has 1 N–H and O–H groups in total. The largest absolute Gasteiger partial charge is 0.314 e. The summed E-state index contributed by atoms with van der Waals surface area (Å²) in [6, 6.07) is 0.887. The summed E-state index contributed by atoms with van der Waals surface area (Å²) >= 11 is 0. The molecule has 0 amide bonds. The van der Waals surface area contributed by atoms with Crippen molar-refractivity contribution in [1.29, 1.82) is 0 Å². The lowest BCUT2D eigenvalue weighted by molar-refractivity contribution is 0.242. The van der Waals surface area contributed by atoms with Gasteiger partial charge in [0.2, 0.25) is 0 Å². The first-order chi connectivity index (χ1) is 8.09. The Morgan fingerprint density at radius 1 is 1.00 bits per heavy atom. The van der Waals surface area contributed by atoms with Crippen LogP contribution in [0, 0.1) is 29.1 Å². The Morgan fingerprint density at radius 2 is 1.65 bits per heavy atom. The van der Waals surface area contributed by atoms with E-state index in [2.05, 4.69) is 26.1 Å². The molecule has 0 radical (unpaired) electrons. The Bertz CT molecular complexity index is 271. The van der Waals surface area contributed by atoms with Crippen molar-refractivity contribution in [2.45, 2.75) is 65.3 Å². The summed E-state index contributed by atoms with van der Waals surface area (Å²) in [7, 11) is 0. The minimum atomic E-state index is 0.632. The molecule has 0 bridgehead atoms. The fourth-order valence-corrected chi connectivity index (χ4v) is 4.34. The topological polar surface area (TPSA) is 12.0 Å². The summed E-state index contributed by atoms with van der Waals surface area (Å²) < 4.78 is 0. The van der Waals surface area contributed by atoms with Gasteiger partial charge in [0.15, 0.2) is 0 Å². The predicted octanol–water partition coefficient (Wildman–Crippen LogP) is 3.84. The fraction of sp³-hybridized carbons (Fsp3) is 1.00. The van der Waals surface area contributed by atoms with Crippen LogP contribution in [0.25, 0.3) is 0 Å². The zero-order valence-corrected chi connectivity index (χ0v) is 11.8. The van der Waals surface area contributed by atoms with Gasteiger partial charge in [-0.25, -0.2) is 0 Å². The number of nitrogens with one attached hydrogen (secondary N) is 1. The molecule has 2 unspecified atom stereocenters. The second kappa shape index (κ2) is 4.26. The van der Waals surface area contributed by atoms with Crippen molar-refractivity contribution in [1.82, 2.24) is 5.32 Å². The van der Waals surface area contributed by atoms with Crippen LogP contribution in [0.2, 0.25) is 0 Å². The van der Waals surface area contributed by atoms with Crippen LogP contribution in [0.15, 0.2) is 0 Å². The van der Waals surface area contributed by atoms with E-state index in [4.69, 9.17) is 0 Å². The molecule has 2 atom stereocenters. The quantitative estimate of drug-likeness (QED) is 0.781. The van der Waals surface area contributed by atoms with Gasteiger partial charge in [-0.15, -0.1) is 0 Å². The molecule has 98 valence electrons. The fourth-order valence-electron chi connectivity index (χ4n) is 4.34. The van der Waals surface area contributed by atoms with Gasteiger partial charge >= 0.3 is 0 Å². The molecule has 3 fully saturated rings. The Labute approximate surface area is 107 Å². The molecule has 3 rings (SSSR count). The highest BCUT2D eigenvalue weighted by molar-refractivity contribution is 5.09. The van der Waals surface area contributed by atoms with E-state index >= 15 is 0 Å². The van der Waals surface area contributed by atoms with E-state index in [0.29, 0.717) is 5.41 Å². The van der Waals surface area contributed by atoms with Crippen LogP contribution < -0.4 is 5.32 Å². The van der Waals surface area contributed by atoms with Gasteiger partial charge in [-0.05, 0) is 61.3 Å². The van der Waals surface area contributed by atoms with Crippen LogP contribution in [0.3, 0.4) is 0 Å². The Morgan fingerprint density at radius 3 is 2.24 bits per heavy atom. The molecule has 0 spiro atoms. The maximum atomic E-state index is 3.75. The van der Waals surface area contributed by atoms with E-state index in [-0.39, 0.29) is 0 Å². The van der Waals surface area contributed by atoms with E-state index in [9.17, 15) is 0 Å². The lowest BCUT2D eigenvalue weighted by Crippen LogP contribution is -2.22. The zero-order chi connectivity index (χ0) is 12.0. The summed E-state index contributed by atoms with van der Waals surface area (Å²) in [4.78, 5) is 0. The van der Waals surface area contributed by atoms with Crippen LogP contribution in [0.4, 0.5) is 0 Å². The third-order valence-corrected chi connectivity index (χ3v) is 5.91. The molecule has 0 saturated heterocycles. The van der Waals surface area contributed by atoms with Gasteiger partial charge in [0.25, 0.3) is 0 Å². The van der Waals surface area contributed by atoms with Crippen molar-refractivity contribution in [3.05, 3.63) is 0 Å². The molecule has 0 aliphatic heterocycles. The summed E-state index contributed by atoms with van der Waals surface area (Å²) in [5.41, 5.74) is 0.632. The highest BCUT2D eigenvalue weighted by Gasteiger charge is 2.59. The number of hydrogen-bond acceptors (Lipinski definition) is 1. The van der Waals surface area contributed by atoms with Crippen molar-refractivity contribution in [3.63, 3.8) is 0 Å². The molecule has 0 aromatic carbocycles. The minimum absolute atomic E-state index is 0.632. The van der Waals surface area contributed by atoms with E-state index < -0.39 is 0 Å². The van der Waals surface area contributed by atoms with Crippen molar-refractivity contribution in [2.75, 3.05) is 6.54 Å². The maximum Gasteiger partial charge on any atom is 0.00683 e. The molecule has 1 nitrogen and oxygen atoms in total. The lowest BCUT2D eigenvalue weighted by Gasteiger charge is -2.27. The predicted molar refractivity (Wildman–Crippen MR) is 72.9 cm³/mol. The molecule has 3 saturated carbocycles. The van der Waals surface area contributed by atoms with E-state index in [0.717, 1.165) is 29.7 Å². The summed E-state index contributed by atoms with van der Waals surface area (Å²) in [6.45, 7) is 8.75. The smallest absolute Gasteiger partial charge is 0.00683 e. The molecule has 17 heavy (non-hydrogen) atoms. The van der Waals surface area contributed by atoms with Crippen molar-refractivity contribution in [3.8, 4) is 0 Å². The van der Waals surface area contributed by atoms with E-state index in [1.54, 1.807) is 0 Å². The lowest BCUT2D eigenvalue weighted by atomic mass is 9.79. The molecule has 3 aliphatic carbocycles. The summed E-state index contributed by atoms with van der Waals surface area (Å²) in [5.74, 6) is 4.05. The highest BCUT2D eigenvalue weighted by Crippen LogP contribution is 2.63. The number of rotatable bonds is 4. The zero-order valence-electron chi connectivity index (χ0n) is 11.8. The van der Waals surface area contributed by atoms with Crippen LogP contribution in [0.1, 0.15) is 59.3 Å². The highest BCUT2D eigenvalue weighted by atomic mass is 15.0. The van der Waals surface area contributed by atoms with Crippen LogP contribution >= 0.6 is 0 Å². The van der Waals surface area contributed by atoms with Crippen LogP contribution in [0.5, 0.6) is 0 Å². The van der Waals surface area contributed by atoms with Crippen molar-refractivity contribution < 1.29 is 0 Å². The molecular formula is C16H29N. The van der Waals surface area contributed by atoms with Gasteiger partial charge < -0.3 is 5.32 Å². The maximum absolute atomic E-state index is 3.75. The van der Waals surface area contributed by atoms with E-state index in [1.807, 2.05) is 0 Å². The minimum Gasteiger partial charge on any atom is -0.314 e. The van der Waals surface area contributed by atoms with Crippen molar-refractivity contribution >= 4 is 0 Å². The van der Waals surface area contributed by atoms with Crippen molar-refractivity contribution in [2.24, 2.45) is 29.1 Å². The second-order valence-electron chi connectivity index (χ2n) is 7.66. The van der Waals surface area contributed by atoms with Gasteiger partial charge in [-0.1, -0.05) is 33.6 Å². The second-order valence-corrected chi connectivity index (χ2v) is 7.66. The molecule has 1 heteroatoms. The molecule has 3 aliphatic rings. The van der Waals surface area contributed by atoms with Crippen LogP contribution in [-0.2, 0) is 0 Å². The Balaban J connectivity index is 1.52. The first kappa shape index (κ1) is 12.0. The Kier molecular flexibility index (Phi) is 3.01. The Hall–Kier alpha value is -0.0400. The summed E-state index contributed by atoms with van der Waals surface area (Å²) in [6.07, 6.45) is 8.85. The van der Waals surface area contributed by atoms with Gasteiger partial charge in [0, 0.05) is 6.04 Å². The summed E-state index contributed by atoms with van der Waals surface area (Å²) in [5, 5.41) is 3.75. The first-order valence-corrected chi connectivity index (χ1v) is 7.82. The number of hydrogen-bond donors (Lipinski definition) is 1. The van der Waals surface area contributed by atoms with E-state index in [1.165, 1.54) is 45.1 Å². The van der Waals surface area contributed by atoms with Crippen LogP contribution in [-0.4, -0.2) is 12.6 Å². The monoisotopic (exact) mass is 235 g/mol. The third kappa shape index (κ3) is 2.41. The normalized spacial score (nSPS) is 44.6. The molecule has 0 heterocycles. The van der Waals surface area contributed by atoms with Gasteiger partial charge in [-0.2, -0.15) is 0 Å². The average Bonchev–Trinajstić information content (AvgIpc) is 3.16. The van der Waals surface area contributed by atoms with Gasteiger partial charge in [0.05, 0.1) is 0 Å². The van der Waals surface area contributed by atoms with Gasteiger partial charge in [-0.3, -0.25) is 0 Å². The third-order valence-electron chi connectivity index (χ3n) is 5.91. The average molecular weight is 235 g/mol. The molecular weight excluding hydrogens is 206 g/mol. The SMILES string of the molecule is CC1CCC(C2C(CNC3CC3)C2(C)C)CC1. The molecule has 0 aromatic heterocycles. The molecule has 0 aromatic rings.